The van der Waals surface area contributed by atoms with Crippen LogP contribution in [0.2, 0.25) is 0 Å². The summed E-state index contributed by atoms with van der Waals surface area (Å²) in [4.78, 5) is 6.46. The maximum atomic E-state index is 8.86. The number of fused-ring (bicyclic) bond motifs is 2. The predicted molar refractivity (Wildman–Crippen MR) is 113 cm³/mol. The number of aromatic amines is 1. The zero-order chi connectivity index (χ0) is 20.7. The molecule has 0 radical (unpaired) electrons. The smallest absolute Gasteiger partial charge is 0.241 e. The molecule has 152 valence electrons. The summed E-state index contributed by atoms with van der Waals surface area (Å²) in [5.41, 5.74) is 6.20. The number of piperidine rings is 1. The normalized spacial score (nSPS) is 15.6. The molecule has 0 atom stereocenters. The summed E-state index contributed by atoms with van der Waals surface area (Å²) in [6.45, 7) is 6.38. The van der Waals surface area contributed by atoms with E-state index in [1.54, 1.807) is 6.33 Å². The first-order valence-electron chi connectivity index (χ1n) is 10.2. The third-order valence-electron chi connectivity index (χ3n) is 5.83. The van der Waals surface area contributed by atoms with Gasteiger partial charge in [-0.05, 0) is 55.5 Å². The van der Waals surface area contributed by atoms with E-state index in [9.17, 15) is 0 Å². The van der Waals surface area contributed by atoms with Gasteiger partial charge in [0.25, 0.3) is 0 Å². The van der Waals surface area contributed by atoms with Gasteiger partial charge < -0.3 is 4.74 Å². The van der Waals surface area contributed by atoms with Gasteiger partial charge in [0.2, 0.25) is 5.88 Å². The minimum absolute atomic E-state index is 0.128. The molecular formula is C22H23N7O. The van der Waals surface area contributed by atoms with E-state index >= 15 is 0 Å². The summed E-state index contributed by atoms with van der Waals surface area (Å²) in [7, 11) is 0. The minimum Gasteiger partial charge on any atom is -0.473 e. The lowest BCUT2D eigenvalue weighted by Crippen LogP contribution is -2.38. The molecule has 4 aromatic rings. The molecule has 0 spiro atoms. The molecule has 0 amide bonds. The van der Waals surface area contributed by atoms with Crippen molar-refractivity contribution in [3.8, 4) is 23.1 Å². The first-order chi connectivity index (χ1) is 14.6. The topological polar surface area (TPSA) is 95.1 Å². The van der Waals surface area contributed by atoms with Gasteiger partial charge in [-0.15, -0.1) is 5.10 Å². The van der Waals surface area contributed by atoms with E-state index in [1.807, 2.05) is 17.6 Å². The lowest BCUT2D eigenvalue weighted by Gasteiger charge is -2.29. The monoisotopic (exact) mass is 401 g/mol. The first kappa shape index (κ1) is 18.6. The van der Waals surface area contributed by atoms with Gasteiger partial charge in [-0.1, -0.05) is 6.07 Å². The Labute approximate surface area is 174 Å². The Morgan fingerprint density at radius 2 is 1.97 bits per heavy atom. The zero-order valence-corrected chi connectivity index (χ0v) is 17.1. The molecule has 0 bridgehead atoms. The van der Waals surface area contributed by atoms with E-state index in [1.165, 1.54) is 0 Å². The summed E-state index contributed by atoms with van der Waals surface area (Å²) >= 11 is 0. The number of likely N-dealkylation sites (tertiary alicyclic amines) is 1. The highest BCUT2D eigenvalue weighted by Crippen LogP contribution is 2.33. The molecule has 1 aliphatic heterocycles. The fourth-order valence-corrected chi connectivity index (χ4v) is 4.27. The summed E-state index contributed by atoms with van der Waals surface area (Å²) in [6, 6.07) is 8.62. The van der Waals surface area contributed by atoms with Crippen molar-refractivity contribution >= 4 is 16.6 Å². The Kier molecular flexibility index (Phi) is 4.60. The summed E-state index contributed by atoms with van der Waals surface area (Å²) in [5.74, 6) is 0.663. The number of rotatable bonds is 4. The third kappa shape index (κ3) is 3.27. The molecule has 1 N–H and O–H groups in total. The number of nitrogens with one attached hydrogen (secondary N) is 1. The maximum absolute atomic E-state index is 8.86. The second-order valence-electron chi connectivity index (χ2n) is 7.94. The maximum Gasteiger partial charge on any atom is 0.241 e. The van der Waals surface area contributed by atoms with Crippen molar-refractivity contribution in [3.63, 3.8) is 0 Å². The van der Waals surface area contributed by atoms with Crippen LogP contribution in [0.3, 0.4) is 0 Å². The molecule has 3 aromatic heterocycles. The highest BCUT2D eigenvalue weighted by Gasteiger charge is 2.22. The van der Waals surface area contributed by atoms with Crippen LogP contribution in [0.5, 0.6) is 5.88 Å². The highest BCUT2D eigenvalue weighted by molar-refractivity contribution is 5.91. The third-order valence-corrected chi connectivity index (χ3v) is 5.83. The molecule has 5 rings (SSSR count). The average molecular weight is 401 g/mol. The largest absolute Gasteiger partial charge is 0.473 e. The van der Waals surface area contributed by atoms with Gasteiger partial charge in [-0.25, -0.2) is 9.50 Å². The predicted octanol–water partition coefficient (Wildman–Crippen LogP) is 3.26. The van der Waals surface area contributed by atoms with E-state index in [4.69, 9.17) is 10.00 Å². The Balaban J connectivity index is 1.43. The molecule has 4 heterocycles. The van der Waals surface area contributed by atoms with Crippen molar-refractivity contribution in [1.82, 2.24) is 29.7 Å². The van der Waals surface area contributed by atoms with E-state index in [-0.39, 0.29) is 6.10 Å². The Hall–Kier alpha value is -3.44. The van der Waals surface area contributed by atoms with Gasteiger partial charge in [0.1, 0.15) is 12.4 Å². The standard InChI is InChI=1S/C22H23N7O/c1-14-9-16(17-10-15(2)21-24-13-25-29(21)12-17)11-19-20(14)22(27-26-19)30-18-3-6-28(7-4-18)8-5-23/h9-13,18H,3-4,6-8H2,1-2H3,(H,26,27). The van der Waals surface area contributed by atoms with Crippen molar-refractivity contribution < 1.29 is 4.74 Å². The Bertz CT molecular complexity index is 1260. The van der Waals surface area contributed by atoms with Crippen LogP contribution >= 0.6 is 0 Å². The van der Waals surface area contributed by atoms with Gasteiger partial charge in [0.15, 0.2) is 5.65 Å². The second kappa shape index (κ2) is 7.43. The van der Waals surface area contributed by atoms with Crippen LogP contribution in [0.15, 0.2) is 30.7 Å². The Morgan fingerprint density at radius 3 is 2.77 bits per heavy atom. The van der Waals surface area contributed by atoms with E-state index in [2.05, 4.69) is 56.4 Å². The molecule has 0 saturated carbocycles. The number of nitrogens with zero attached hydrogens (tertiary/aromatic N) is 6. The number of benzene rings is 1. The van der Waals surface area contributed by atoms with Crippen molar-refractivity contribution in [2.75, 3.05) is 19.6 Å². The first-order valence-corrected chi connectivity index (χ1v) is 10.2. The number of aryl methyl sites for hydroxylation is 2. The van der Waals surface area contributed by atoms with Gasteiger partial charge in [0.05, 0.1) is 23.5 Å². The van der Waals surface area contributed by atoms with Crippen LogP contribution in [0.4, 0.5) is 0 Å². The molecule has 1 aliphatic rings. The van der Waals surface area contributed by atoms with E-state index < -0.39 is 0 Å². The zero-order valence-electron chi connectivity index (χ0n) is 17.1. The van der Waals surface area contributed by atoms with Gasteiger partial charge in [0, 0.05) is 24.8 Å². The number of hydrogen-bond donors (Lipinski definition) is 1. The fraction of sp³-hybridized carbons (Fsp3) is 0.364. The van der Waals surface area contributed by atoms with Crippen molar-refractivity contribution in [3.05, 3.63) is 41.9 Å². The lowest BCUT2D eigenvalue weighted by molar-refractivity contribution is 0.105. The molecule has 1 saturated heterocycles. The van der Waals surface area contributed by atoms with Crippen molar-refractivity contribution in [2.45, 2.75) is 32.8 Å². The molecule has 0 unspecified atom stereocenters. The van der Waals surface area contributed by atoms with Gasteiger partial charge in [-0.2, -0.15) is 10.4 Å². The molecule has 0 aliphatic carbocycles. The average Bonchev–Trinajstić information content (AvgIpc) is 3.37. The quantitative estimate of drug-likeness (QED) is 0.528. The van der Waals surface area contributed by atoms with Gasteiger partial charge >= 0.3 is 0 Å². The molecule has 8 nitrogen and oxygen atoms in total. The number of hydrogen-bond acceptors (Lipinski definition) is 6. The van der Waals surface area contributed by atoms with Crippen molar-refractivity contribution in [1.29, 1.82) is 5.26 Å². The van der Waals surface area contributed by atoms with Crippen LogP contribution < -0.4 is 4.74 Å². The Morgan fingerprint density at radius 1 is 1.17 bits per heavy atom. The molecule has 30 heavy (non-hydrogen) atoms. The van der Waals surface area contributed by atoms with Crippen LogP contribution in [-0.2, 0) is 0 Å². The van der Waals surface area contributed by atoms with Crippen LogP contribution in [-0.4, -0.2) is 55.4 Å². The highest BCUT2D eigenvalue weighted by atomic mass is 16.5. The van der Waals surface area contributed by atoms with Crippen LogP contribution in [0.1, 0.15) is 24.0 Å². The molecule has 8 heteroatoms. The number of nitriles is 1. The van der Waals surface area contributed by atoms with E-state index in [0.717, 1.165) is 64.7 Å². The minimum atomic E-state index is 0.128. The van der Waals surface area contributed by atoms with E-state index in [0.29, 0.717) is 12.4 Å². The fourth-order valence-electron chi connectivity index (χ4n) is 4.27. The molecule has 1 aromatic carbocycles. The summed E-state index contributed by atoms with van der Waals surface area (Å²) in [6.07, 6.45) is 5.51. The number of ether oxygens (including phenoxy) is 1. The number of pyridine rings is 1. The van der Waals surface area contributed by atoms with Gasteiger partial charge in [-0.3, -0.25) is 10.00 Å². The number of aromatic nitrogens is 5. The van der Waals surface area contributed by atoms with Crippen LogP contribution in [0.25, 0.3) is 27.7 Å². The molecular weight excluding hydrogens is 378 g/mol. The molecule has 1 fully saturated rings. The summed E-state index contributed by atoms with van der Waals surface area (Å²) < 4.78 is 8.06. The SMILES string of the molecule is Cc1cc(-c2cc(C)c3ncnn3c2)cc2[nH]nc(OC3CCN(CC#N)CC3)c12. The second-order valence-corrected chi connectivity index (χ2v) is 7.94. The van der Waals surface area contributed by atoms with Crippen molar-refractivity contribution in [2.24, 2.45) is 0 Å². The summed E-state index contributed by atoms with van der Waals surface area (Å²) in [5, 5.41) is 21.8. The lowest BCUT2D eigenvalue weighted by atomic mass is 10.0. The number of H-pyrrole nitrogens is 1. The van der Waals surface area contributed by atoms with Crippen LogP contribution in [0, 0.1) is 25.2 Å².